The van der Waals surface area contributed by atoms with Gasteiger partial charge in [0.2, 0.25) is 5.95 Å². The lowest BCUT2D eigenvalue weighted by atomic mass is 9.96. The topological polar surface area (TPSA) is 120 Å². The number of hydrogen-bond donors (Lipinski definition) is 2. The van der Waals surface area contributed by atoms with E-state index < -0.39 is 11.9 Å². The van der Waals surface area contributed by atoms with Gasteiger partial charge in [-0.05, 0) is 41.0 Å². The number of nitrogens with two attached hydrogens (primary N) is 1. The third kappa shape index (κ3) is 5.30. The number of ether oxygens (including phenoxy) is 2. The molecule has 6 rings (SSSR count). The summed E-state index contributed by atoms with van der Waals surface area (Å²) < 4.78 is 26.2. The van der Waals surface area contributed by atoms with Crippen LogP contribution >= 0.6 is 0 Å². The van der Waals surface area contributed by atoms with Crippen LogP contribution in [0.15, 0.2) is 84.9 Å². The summed E-state index contributed by atoms with van der Waals surface area (Å²) in [6, 6.07) is 23.6. The van der Waals surface area contributed by atoms with Crippen LogP contribution in [0.5, 0.6) is 11.5 Å². The summed E-state index contributed by atoms with van der Waals surface area (Å²) in [5.74, 6) is 0.188. The van der Waals surface area contributed by atoms with E-state index >= 15 is 4.39 Å². The predicted molar refractivity (Wildman–Crippen MR) is 161 cm³/mol. The summed E-state index contributed by atoms with van der Waals surface area (Å²) >= 11 is 0. The normalized spacial score (nSPS) is 13.1. The number of rotatable bonds is 9. The Labute approximate surface area is 247 Å². The molecule has 0 saturated carbocycles. The highest BCUT2D eigenvalue weighted by Crippen LogP contribution is 2.36. The van der Waals surface area contributed by atoms with E-state index in [1.54, 1.807) is 29.2 Å². The van der Waals surface area contributed by atoms with Crippen LogP contribution in [0.25, 0.3) is 10.9 Å². The van der Waals surface area contributed by atoms with Gasteiger partial charge in [-0.15, -0.1) is 0 Å². The quantitative estimate of drug-likeness (QED) is 0.232. The molecular weight excluding hydrogens is 549 g/mol. The number of methoxy groups -OCH3 is 2. The first-order chi connectivity index (χ1) is 20.9. The highest BCUT2D eigenvalue weighted by atomic mass is 19.1. The minimum atomic E-state index is -0.815. The van der Waals surface area contributed by atoms with E-state index in [1.807, 2.05) is 48.5 Å². The molecule has 216 valence electrons. The molecule has 0 fully saturated rings. The average Bonchev–Trinajstić information content (AvgIpc) is 3.34. The molecule has 0 aliphatic carbocycles. The summed E-state index contributed by atoms with van der Waals surface area (Å²) in [6.45, 7) is 0.324. The minimum Gasteiger partial charge on any atom is -0.493 e. The van der Waals surface area contributed by atoms with Gasteiger partial charge < -0.3 is 25.4 Å². The predicted octanol–water partition coefficient (Wildman–Crippen LogP) is 5.62. The number of amides is 1. The molecule has 0 saturated heterocycles. The van der Waals surface area contributed by atoms with Crippen LogP contribution in [0.4, 0.5) is 21.8 Å². The van der Waals surface area contributed by atoms with Crippen molar-refractivity contribution >= 4 is 40.0 Å². The molecule has 0 bridgehead atoms. The molecule has 1 atom stereocenters. The van der Waals surface area contributed by atoms with E-state index in [0.717, 1.165) is 5.56 Å². The number of nitrogen functional groups attached to an aromatic ring is 1. The molecule has 1 aliphatic rings. The molecular formula is C33H28FN5O4. The highest BCUT2D eigenvalue weighted by Gasteiger charge is 2.37. The molecule has 4 aromatic carbocycles. The van der Waals surface area contributed by atoms with Gasteiger partial charge in [-0.2, -0.15) is 4.98 Å². The SMILES string of the molecule is COc1cc2nc(N)nc(Nc3ccc(CC(=O)C(c4ccccc4)N4Cc5ccccc5C4=O)cc3F)c2cc1OC. The highest BCUT2D eigenvalue weighted by molar-refractivity contribution is 6.02. The second-order valence-corrected chi connectivity index (χ2v) is 10.1. The Bertz CT molecular complexity index is 1860. The summed E-state index contributed by atoms with van der Waals surface area (Å²) in [7, 11) is 3.02. The Morgan fingerprint density at radius 1 is 0.977 bits per heavy atom. The smallest absolute Gasteiger partial charge is 0.255 e. The average molecular weight is 578 g/mol. The number of halogens is 1. The number of Topliss-reactive ketones (excluding diaryl/α,β-unsaturated/α-hetero) is 1. The molecule has 10 heteroatoms. The van der Waals surface area contributed by atoms with Gasteiger partial charge in [0.05, 0.1) is 25.4 Å². The zero-order valence-corrected chi connectivity index (χ0v) is 23.5. The third-order valence-corrected chi connectivity index (χ3v) is 7.46. The second kappa shape index (κ2) is 11.4. The number of fused-ring (bicyclic) bond motifs is 2. The van der Waals surface area contributed by atoms with Gasteiger partial charge in [-0.1, -0.05) is 54.6 Å². The number of ketones is 1. The van der Waals surface area contributed by atoms with Crippen molar-refractivity contribution in [2.75, 3.05) is 25.3 Å². The fourth-order valence-corrected chi connectivity index (χ4v) is 5.42. The van der Waals surface area contributed by atoms with Crippen LogP contribution in [0.1, 0.15) is 33.1 Å². The summed E-state index contributed by atoms with van der Waals surface area (Å²) in [4.78, 5) is 37.2. The number of aromatic nitrogens is 2. The molecule has 1 aromatic heterocycles. The molecule has 2 heterocycles. The molecule has 1 unspecified atom stereocenters. The lowest BCUT2D eigenvalue weighted by Gasteiger charge is -2.27. The van der Waals surface area contributed by atoms with Crippen molar-refractivity contribution in [3.05, 3.63) is 113 Å². The van der Waals surface area contributed by atoms with Crippen LogP contribution in [0.2, 0.25) is 0 Å². The maximum absolute atomic E-state index is 15.5. The van der Waals surface area contributed by atoms with Gasteiger partial charge in [0.25, 0.3) is 5.91 Å². The fourth-order valence-electron chi connectivity index (χ4n) is 5.42. The van der Waals surface area contributed by atoms with E-state index in [2.05, 4.69) is 15.3 Å². The molecule has 0 spiro atoms. The lowest BCUT2D eigenvalue weighted by Crippen LogP contribution is -2.35. The van der Waals surface area contributed by atoms with Gasteiger partial charge in [-0.3, -0.25) is 9.59 Å². The number of carbonyl (C=O) groups excluding carboxylic acids is 2. The summed E-state index contributed by atoms with van der Waals surface area (Å²) in [6.07, 6.45) is -0.0722. The third-order valence-electron chi connectivity index (χ3n) is 7.46. The largest absolute Gasteiger partial charge is 0.493 e. The van der Waals surface area contributed by atoms with Crippen molar-refractivity contribution in [3.8, 4) is 11.5 Å². The standard InChI is InChI=1S/C33H28FN5O4/c1-42-28-16-23-26(17-29(28)43-2)37-33(35)38-31(23)36-25-13-12-19(14-24(25)34)15-27(40)30(20-8-4-3-5-9-20)39-18-21-10-6-7-11-22(21)32(39)41/h3-14,16-17,30H,15,18H2,1-2H3,(H3,35,36,37,38). The minimum absolute atomic E-state index is 0.00425. The van der Waals surface area contributed by atoms with Crippen molar-refractivity contribution in [1.29, 1.82) is 0 Å². The number of carbonyl (C=O) groups is 2. The van der Waals surface area contributed by atoms with Crippen molar-refractivity contribution < 1.29 is 23.5 Å². The summed E-state index contributed by atoms with van der Waals surface area (Å²) in [5.41, 5.74) is 9.18. The zero-order valence-electron chi connectivity index (χ0n) is 23.5. The first-order valence-electron chi connectivity index (χ1n) is 13.6. The number of benzene rings is 4. The second-order valence-electron chi connectivity index (χ2n) is 10.1. The Hall–Kier alpha value is -5.51. The molecule has 1 amide bonds. The van der Waals surface area contributed by atoms with Gasteiger partial charge in [0.1, 0.15) is 17.7 Å². The van der Waals surface area contributed by atoms with Gasteiger partial charge >= 0.3 is 0 Å². The Morgan fingerprint density at radius 3 is 2.42 bits per heavy atom. The van der Waals surface area contributed by atoms with Crippen LogP contribution in [-0.2, 0) is 17.8 Å². The lowest BCUT2D eigenvalue weighted by molar-refractivity contribution is -0.123. The van der Waals surface area contributed by atoms with E-state index in [-0.39, 0.29) is 35.6 Å². The molecule has 43 heavy (non-hydrogen) atoms. The van der Waals surface area contributed by atoms with Crippen LogP contribution in [0.3, 0.4) is 0 Å². The molecule has 1 aliphatic heterocycles. The first kappa shape index (κ1) is 27.6. The molecule has 0 radical (unpaired) electrons. The fraction of sp³-hybridized carbons (Fsp3) is 0.152. The maximum Gasteiger partial charge on any atom is 0.255 e. The van der Waals surface area contributed by atoms with Crippen LogP contribution in [-0.4, -0.2) is 40.8 Å². The van der Waals surface area contributed by atoms with E-state index in [1.165, 1.54) is 26.4 Å². The molecule has 5 aromatic rings. The van der Waals surface area contributed by atoms with Gasteiger partial charge in [-0.25, -0.2) is 9.37 Å². The number of nitrogens with one attached hydrogen (secondary N) is 1. The van der Waals surface area contributed by atoms with Gasteiger partial charge in [0.15, 0.2) is 17.3 Å². The van der Waals surface area contributed by atoms with Crippen molar-refractivity contribution in [2.24, 2.45) is 0 Å². The maximum atomic E-state index is 15.5. The van der Waals surface area contributed by atoms with E-state index in [4.69, 9.17) is 15.2 Å². The van der Waals surface area contributed by atoms with Crippen molar-refractivity contribution in [1.82, 2.24) is 14.9 Å². The Balaban J connectivity index is 1.27. The summed E-state index contributed by atoms with van der Waals surface area (Å²) in [5, 5.41) is 3.54. The zero-order chi connectivity index (χ0) is 30.1. The monoisotopic (exact) mass is 577 g/mol. The van der Waals surface area contributed by atoms with E-state index in [0.29, 0.717) is 45.6 Å². The van der Waals surface area contributed by atoms with E-state index in [9.17, 15) is 9.59 Å². The number of anilines is 3. The first-order valence-corrected chi connectivity index (χ1v) is 13.6. The van der Waals surface area contributed by atoms with Crippen LogP contribution in [0, 0.1) is 5.82 Å². The van der Waals surface area contributed by atoms with Crippen molar-refractivity contribution in [2.45, 2.75) is 19.0 Å². The number of nitrogens with zero attached hydrogens (tertiary/aromatic N) is 3. The molecule has 9 nitrogen and oxygen atoms in total. The molecule has 3 N–H and O–H groups in total. The number of hydrogen-bond acceptors (Lipinski definition) is 8. The van der Waals surface area contributed by atoms with Gasteiger partial charge in [0, 0.05) is 30.0 Å². The Kier molecular flexibility index (Phi) is 7.33. The van der Waals surface area contributed by atoms with Crippen molar-refractivity contribution in [3.63, 3.8) is 0 Å². The Morgan fingerprint density at radius 2 is 1.70 bits per heavy atom. The van der Waals surface area contributed by atoms with Crippen LogP contribution < -0.4 is 20.5 Å².